The molecule has 0 aliphatic rings. The van der Waals surface area contributed by atoms with E-state index in [-0.39, 0.29) is 5.91 Å². The number of anilines is 2. The van der Waals surface area contributed by atoms with Gasteiger partial charge < -0.3 is 10.6 Å². The van der Waals surface area contributed by atoms with Gasteiger partial charge in [0.1, 0.15) is 5.69 Å². The topological polar surface area (TPSA) is 54.0 Å². The van der Waals surface area contributed by atoms with Crippen LogP contribution < -0.4 is 10.6 Å². The molecule has 4 nitrogen and oxygen atoms in total. The molecule has 1 amide bonds. The molecule has 1 heterocycles. The Hall–Kier alpha value is -1.78. The van der Waals surface area contributed by atoms with Crippen molar-refractivity contribution in [1.82, 2.24) is 4.98 Å². The van der Waals surface area contributed by atoms with Gasteiger partial charge in [-0.15, -0.1) is 0 Å². The Labute approximate surface area is 127 Å². The number of halogens is 2. The molecule has 2 aromatic rings. The summed E-state index contributed by atoms with van der Waals surface area (Å²) >= 11 is 11.7. The minimum absolute atomic E-state index is 0.300. The Balaban J connectivity index is 2.09. The highest BCUT2D eigenvalue weighted by molar-refractivity contribution is 6.42. The van der Waals surface area contributed by atoms with E-state index >= 15 is 0 Å². The molecule has 0 unspecified atom stereocenters. The van der Waals surface area contributed by atoms with Crippen LogP contribution in [0.15, 0.2) is 36.5 Å². The summed E-state index contributed by atoms with van der Waals surface area (Å²) in [6.45, 7) is 2.79. The van der Waals surface area contributed by atoms with Crippen LogP contribution >= 0.6 is 23.2 Å². The Morgan fingerprint density at radius 2 is 1.90 bits per heavy atom. The van der Waals surface area contributed by atoms with Crippen molar-refractivity contribution in [2.75, 3.05) is 17.2 Å². The second-order valence-corrected chi connectivity index (χ2v) is 4.86. The van der Waals surface area contributed by atoms with Gasteiger partial charge in [-0.25, -0.2) is 4.98 Å². The van der Waals surface area contributed by atoms with E-state index in [0.717, 1.165) is 12.2 Å². The molecule has 104 valence electrons. The lowest BCUT2D eigenvalue weighted by Gasteiger charge is -2.07. The molecule has 0 spiro atoms. The van der Waals surface area contributed by atoms with Crippen molar-refractivity contribution >= 4 is 40.5 Å². The average Bonchev–Trinajstić information content (AvgIpc) is 2.44. The number of hydrogen-bond donors (Lipinski definition) is 2. The van der Waals surface area contributed by atoms with Gasteiger partial charge in [0, 0.05) is 12.2 Å². The van der Waals surface area contributed by atoms with Gasteiger partial charge in [0.15, 0.2) is 0 Å². The molecule has 1 aromatic heterocycles. The second kappa shape index (κ2) is 6.59. The molecule has 20 heavy (non-hydrogen) atoms. The van der Waals surface area contributed by atoms with Crippen molar-refractivity contribution in [3.8, 4) is 0 Å². The SMILES string of the molecule is CCNc1ccc(C(=O)Nc2ccc(Cl)c(Cl)c2)nc1. The standard InChI is InChI=1S/C14H13Cl2N3O/c1-2-17-10-4-6-13(18-8-10)14(20)19-9-3-5-11(15)12(16)7-9/h3-8,17H,2H2,1H3,(H,19,20). The van der Waals surface area contributed by atoms with Gasteiger partial charge >= 0.3 is 0 Å². The maximum Gasteiger partial charge on any atom is 0.274 e. The molecule has 0 aliphatic heterocycles. The molecule has 0 fully saturated rings. The molecular weight excluding hydrogens is 297 g/mol. The van der Waals surface area contributed by atoms with Gasteiger partial charge in [0.25, 0.3) is 5.91 Å². The number of amides is 1. The van der Waals surface area contributed by atoms with Crippen LogP contribution in [0.3, 0.4) is 0 Å². The van der Waals surface area contributed by atoms with E-state index in [1.54, 1.807) is 36.5 Å². The molecule has 0 aliphatic carbocycles. The van der Waals surface area contributed by atoms with Crippen molar-refractivity contribution < 1.29 is 4.79 Å². The number of pyridine rings is 1. The average molecular weight is 310 g/mol. The van der Waals surface area contributed by atoms with Crippen molar-refractivity contribution in [2.45, 2.75) is 6.92 Å². The van der Waals surface area contributed by atoms with E-state index in [0.29, 0.717) is 21.4 Å². The van der Waals surface area contributed by atoms with Crippen molar-refractivity contribution in [3.05, 3.63) is 52.3 Å². The van der Waals surface area contributed by atoms with Crippen LogP contribution in [0.1, 0.15) is 17.4 Å². The minimum Gasteiger partial charge on any atom is -0.384 e. The van der Waals surface area contributed by atoms with Crippen LogP contribution in [0, 0.1) is 0 Å². The molecule has 0 bridgehead atoms. The van der Waals surface area contributed by atoms with Crippen LogP contribution in [0.25, 0.3) is 0 Å². The molecule has 0 atom stereocenters. The zero-order chi connectivity index (χ0) is 14.5. The minimum atomic E-state index is -0.300. The molecule has 0 radical (unpaired) electrons. The van der Waals surface area contributed by atoms with Crippen molar-refractivity contribution in [3.63, 3.8) is 0 Å². The Morgan fingerprint density at radius 3 is 2.50 bits per heavy atom. The number of rotatable bonds is 4. The van der Waals surface area contributed by atoms with E-state index in [1.807, 2.05) is 6.92 Å². The predicted octanol–water partition coefficient (Wildman–Crippen LogP) is 4.07. The number of carbonyl (C=O) groups is 1. The molecule has 0 saturated heterocycles. The first-order valence-electron chi connectivity index (χ1n) is 6.06. The van der Waals surface area contributed by atoms with Crippen LogP contribution in [0.2, 0.25) is 10.0 Å². The fourth-order valence-electron chi connectivity index (χ4n) is 1.61. The van der Waals surface area contributed by atoms with Gasteiger partial charge in [-0.3, -0.25) is 4.79 Å². The smallest absolute Gasteiger partial charge is 0.274 e. The number of aromatic nitrogens is 1. The molecular formula is C14H13Cl2N3O. The fourth-order valence-corrected chi connectivity index (χ4v) is 1.90. The third kappa shape index (κ3) is 3.62. The summed E-state index contributed by atoms with van der Waals surface area (Å²) in [5, 5.41) is 6.65. The lowest BCUT2D eigenvalue weighted by Crippen LogP contribution is -2.13. The van der Waals surface area contributed by atoms with E-state index in [1.165, 1.54) is 0 Å². The quantitative estimate of drug-likeness (QED) is 0.895. The molecule has 2 N–H and O–H groups in total. The number of benzene rings is 1. The molecule has 6 heteroatoms. The summed E-state index contributed by atoms with van der Waals surface area (Å²) in [5.41, 5.74) is 1.78. The fraction of sp³-hybridized carbons (Fsp3) is 0.143. The van der Waals surface area contributed by atoms with Gasteiger partial charge in [-0.1, -0.05) is 23.2 Å². The van der Waals surface area contributed by atoms with Crippen LogP contribution in [0.4, 0.5) is 11.4 Å². The molecule has 0 saturated carbocycles. The summed E-state index contributed by atoms with van der Waals surface area (Å²) in [7, 11) is 0. The zero-order valence-electron chi connectivity index (χ0n) is 10.8. The summed E-state index contributed by atoms with van der Waals surface area (Å²) in [4.78, 5) is 16.1. The van der Waals surface area contributed by atoms with Gasteiger partial charge in [0.05, 0.1) is 21.9 Å². The molecule has 2 rings (SSSR count). The third-order valence-electron chi connectivity index (χ3n) is 2.55. The van der Waals surface area contributed by atoms with Crippen molar-refractivity contribution in [1.29, 1.82) is 0 Å². The Bertz CT molecular complexity index is 614. The lowest BCUT2D eigenvalue weighted by atomic mass is 10.3. The van der Waals surface area contributed by atoms with Crippen molar-refractivity contribution in [2.24, 2.45) is 0 Å². The summed E-state index contributed by atoms with van der Waals surface area (Å²) in [6.07, 6.45) is 1.62. The normalized spacial score (nSPS) is 10.2. The van der Waals surface area contributed by atoms with E-state index in [2.05, 4.69) is 15.6 Å². The number of hydrogen-bond acceptors (Lipinski definition) is 3. The summed E-state index contributed by atoms with van der Waals surface area (Å²) in [6, 6.07) is 8.36. The van der Waals surface area contributed by atoms with Gasteiger partial charge in [-0.2, -0.15) is 0 Å². The number of nitrogens with one attached hydrogen (secondary N) is 2. The number of carbonyl (C=O) groups excluding carboxylic acids is 1. The van der Waals surface area contributed by atoms with Crippen LogP contribution in [-0.4, -0.2) is 17.4 Å². The first kappa shape index (κ1) is 14.6. The van der Waals surface area contributed by atoms with E-state index < -0.39 is 0 Å². The maximum atomic E-state index is 12.0. The molecule has 1 aromatic carbocycles. The van der Waals surface area contributed by atoms with Crippen LogP contribution in [-0.2, 0) is 0 Å². The predicted molar refractivity (Wildman–Crippen MR) is 82.8 cm³/mol. The highest BCUT2D eigenvalue weighted by Crippen LogP contribution is 2.25. The highest BCUT2D eigenvalue weighted by atomic mass is 35.5. The third-order valence-corrected chi connectivity index (χ3v) is 3.29. The van der Waals surface area contributed by atoms with Gasteiger partial charge in [-0.05, 0) is 37.3 Å². The van der Waals surface area contributed by atoms with E-state index in [9.17, 15) is 4.79 Å². The van der Waals surface area contributed by atoms with Gasteiger partial charge in [0.2, 0.25) is 0 Å². The second-order valence-electron chi connectivity index (χ2n) is 4.05. The highest BCUT2D eigenvalue weighted by Gasteiger charge is 2.08. The number of nitrogens with zero attached hydrogens (tertiary/aromatic N) is 1. The first-order chi connectivity index (χ1) is 9.60. The summed E-state index contributed by atoms with van der Waals surface area (Å²) < 4.78 is 0. The lowest BCUT2D eigenvalue weighted by molar-refractivity contribution is 0.102. The summed E-state index contributed by atoms with van der Waals surface area (Å²) in [5.74, 6) is -0.300. The Kier molecular flexibility index (Phi) is 4.82. The largest absolute Gasteiger partial charge is 0.384 e. The monoisotopic (exact) mass is 309 g/mol. The maximum absolute atomic E-state index is 12.0. The van der Waals surface area contributed by atoms with Crippen LogP contribution in [0.5, 0.6) is 0 Å². The first-order valence-corrected chi connectivity index (χ1v) is 6.82. The van der Waals surface area contributed by atoms with E-state index in [4.69, 9.17) is 23.2 Å². The Morgan fingerprint density at radius 1 is 1.15 bits per heavy atom. The zero-order valence-corrected chi connectivity index (χ0v) is 12.3.